The molecule has 1 aromatic carbocycles. The first kappa shape index (κ1) is 18.2. The first-order chi connectivity index (χ1) is 11.1. The predicted molar refractivity (Wildman–Crippen MR) is 92.1 cm³/mol. The Morgan fingerprint density at radius 1 is 1.35 bits per heavy atom. The molecule has 0 aliphatic heterocycles. The van der Waals surface area contributed by atoms with Gasteiger partial charge in [0.2, 0.25) is 0 Å². The van der Waals surface area contributed by atoms with Gasteiger partial charge in [0.15, 0.2) is 0 Å². The van der Waals surface area contributed by atoms with E-state index in [1.54, 1.807) is 0 Å². The smallest absolute Gasteiger partial charge is 0.141 e. The van der Waals surface area contributed by atoms with Gasteiger partial charge in [0, 0.05) is 13.0 Å². The minimum absolute atomic E-state index is 0.00777. The number of ketones is 1. The molecule has 1 aliphatic carbocycles. The molecule has 0 bridgehead atoms. The molecule has 3 nitrogen and oxygen atoms in total. The summed E-state index contributed by atoms with van der Waals surface area (Å²) in [4.78, 5) is 12.6. The van der Waals surface area contributed by atoms with Gasteiger partial charge in [-0.3, -0.25) is 4.79 Å². The minimum Gasteiger partial charge on any atom is -0.396 e. The van der Waals surface area contributed by atoms with Crippen LogP contribution in [0.1, 0.15) is 57.9 Å². The fourth-order valence-corrected chi connectivity index (χ4v) is 3.48. The molecular weight excluding hydrogens is 288 g/mol. The summed E-state index contributed by atoms with van der Waals surface area (Å²) in [6, 6.07) is 10.1. The molecule has 0 amide bonds. The van der Waals surface area contributed by atoms with E-state index in [-0.39, 0.29) is 18.1 Å². The van der Waals surface area contributed by atoms with Crippen LogP contribution in [0.4, 0.5) is 0 Å². The van der Waals surface area contributed by atoms with E-state index in [4.69, 9.17) is 9.84 Å². The lowest BCUT2D eigenvalue weighted by molar-refractivity contribution is -0.145. The third-order valence-electron chi connectivity index (χ3n) is 5.22. The normalized spacial score (nSPS) is 26.2. The zero-order chi connectivity index (χ0) is 16.7. The number of Topliss-reactive ketones (excluding diaryl/α,β-unsaturated/α-hetero) is 1. The molecule has 128 valence electrons. The quantitative estimate of drug-likeness (QED) is 0.784. The molecule has 2 rings (SSSR count). The fourth-order valence-electron chi connectivity index (χ4n) is 3.48. The molecule has 1 fully saturated rings. The number of carbonyl (C=O) groups excluding carboxylic acids is 1. The van der Waals surface area contributed by atoms with Gasteiger partial charge in [-0.05, 0) is 37.2 Å². The molecular formula is C20H30O3. The van der Waals surface area contributed by atoms with Crippen molar-refractivity contribution in [1.82, 2.24) is 0 Å². The monoisotopic (exact) mass is 318 g/mol. The lowest BCUT2D eigenvalue weighted by Gasteiger charge is -2.40. The SMILES string of the molecule is CC(CO)CCC[C@]1(C)C(=O)CCC[C@H]1OCc1ccccc1. The summed E-state index contributed by atoms with van der Waals surface area (Å²) in [5, 5.41) is 9.16. The topological polar surface area (TPSA) is 46.5 Å². The van der Waals surface area contributed by atoms with E-state index in [0.717, 1.165) is 37.7 Å². The average Bonchev–Trinajstić information content (AvgIpc) is 2.57. The highest BCUT2D eigenvalue weighted by molar-refractivity contribution is 5.85. The Kier molecular flexibility index (Phi) is 6.79. The molecule has 1 aromatic rings. The third-order valence-corrected chi connectivity index (χ3v) is 5.22. The second kappa shape index (κ2) is 8.60. The number of hydrogen-bond acceptors (Lipinski definition) is 3. The van der Waals surface area contributed by atoms with Crippen molar-refractivity contribution in [2.45, 2.75) is 65.1 Å². The van der Waals surface area contributed by atoms with E-state index in [1.165, 1.54) is 0 Å². The van der Waals surface area contributed by atoms with Crippen molar-refractivity contribution in [3.05, 3.63) is 35.9 Å². The van der Waals surface area contributed by atoms with Crippen molar-refractivity contribution in [2.24, 2.45) is 11.3 Å². The Morgan fingerprint density at radius 3 is 2.78 bits per heavy atom. The van der Waals surface area contributed by atoms with Crippen LogP contribution in [0.2, 0.25) is 0 Å². The van der Waals surface area contributed by atoms with Gasteiger partial charge >= 0.3 is 0 Å². The Labute approximate surface area is 140 Å². The molecule has 1 aliphatic rings. The van der Waals surface area contributed by atoms with Gasteiger partial charge in [0.25, 0.3) is 0 Å². The highest BCUT2D eigenvalue weighted by atomic mass is 16.5. The summed E-state index contributed by atoms with van der Waals surface area (Å²) in [5.41, 5.74) is 0.782. The maximum atomic E-state index is 12.6. The lowest BCUT2D eigenvalue weighted by Crippen LogP contribution is -2.44. The summed E-state index contributed by atoms with van der Waals surface area (Å²) in [7, 11) is 0. The molecule has 23 heavy (non-hydrogen) atoms. The summed E-state index contributed by atoms with van der Waals surface area (Å²) in [5.74, 6) is 0.652. The minimum atomic E-state index is -0.373. The van der Waals surface area contributed by atoms with Crippen LogP contribution in [0.5, 0.6) is 0 Å². The number of aliphatic hydroxyl groups is 1. The maximum absolute atomic E-state index is 12.6. The summed E-state index contributed by atoms with van der Waals surface area (Å²) >= 11 is 0. The van der Waals surface area contributed by atoms with Crippen LogP contribution in [0.15, 0.2) is 30.3 Å². The molecule has 1 unspecified atom stereocenters. The highest BCUT2D eigenvalue weighted by Gasteiger charge is 2.43. The number of carbonyl (C=O) groups is 1. The van der Waals surface area contributed by atoms with Crippen molar-refractivity contribution < 1.29 is 14.6 Å². The molecule has 1 saturated carbocycles. The van der Waals surface area contributed by atoms with Gasteiger partial charge < -0.3 is 9.84 Å². The second-order valence-corrected chi connectivity index (χ2v) is 7.20. The number of ether oxygens (including phenoxy) is 1. The van der Waals surface area contributed by atoms with Gasteiger partial charge in [-0.15, -0.1) is 0 Å². The third kappa shape index (κ3) is 4.89. The average molecular weight is 318 g/mol. The molecule has 0 radical (unpaired) electrons. The van der Waals surface area contributed by atoms with Crippen LogP contribution in [0.25, 0.3) is 0 Å². The van der Waals surface area contributed by atoms with Gasteiger partial charge in [-0.1, -0.05) is 50.6 Å². The van der Waals surface area contributed by atoms with Gasteiger partial charge in [-0.2, -0.15) is 0 Å². The van der Waals surface area contributed by atoms with Crippen LogP contribution in [0, 0.1) is 11.3 Å². The Hall–Kier alpha value is -1.19. The van der Waals surface area contributed by atoms with Gasteiger partial charge in [0.05, 0.1) is 18.1 Å². The highest BCUT2D eigenvalue weighted by Crippen LogP contribution is 2.40. The molecule has 0 heterocycles. The number of aliphatic hydroxyl groups excluding tert-OH is 1. The van der Waals surface area contributed by atoms with Crippen LogP contribution >= 0.6 is 0 Å². The Balaban J connectivity index is 1.95. The Bertz CT molecular complexity index is 485. The van der Waals surface area contributed by atoms with E-state index in [9.17, 15) is 4.79 Å². The molecule has 0 aromatic heterocycles. The van der Waals surface area contributed by atoms with E-state index in [1.807, 2.05) is 18.2 Å². The lowest BCUT2D eigenvalue weighted by atomic mass is 9.69. The van der Waals surface area contributed by atoms with Crippen molar-refractivity contribution in [2.75, 3.05) is 6.61 Å². The molecule has 3 atom stereocenters. The van der Waals surface area contributed by atoms with Crippen LogP contribution in [-0.2, 0) is 16.1 Å². The molecule has 0 spiro atoms. The largest absolute Gasteiger partial charge is 0.396 e. The molecule has 1 N–H and O–H groups in total. The van der Waals surface area contributed by atoms with Crippen molar-refractivity contribution in [3.63, 3.8) is 0 Å². The summed E-state index contributed by atoms with van der Waals surface area (Å²) < 4.78 is 6.17. The summed E-state index contributed by atoms with van der Waals surface area (Å²) in [6.07, 6.45) is 5.37. The van der Waals surface area contributed by atoms with Crippen LogP contribution in [0.3, 0.4) is 0 Å². The van der Waals surface area contributed by atoms with E-state index in [2.05, 4.69) is 26.0 Å². The zero-order valence-corrected chi connectivity index (χ0v) is 14.5. The number of rotatable bonds is 8. The first-order valence-corrected chi connectivity index (χ1v) is 8.86. The van der Waals surface area contributed by atoms with E-state index in [0.29, 0.717) is 24.7 Å². The number of benzene rings is 1. The van der Waals surface area contributed by atoms with Crippen LogP contribution in [-0.4, -0.2) is 23.6 Å². The zero-order valence-electron chi connectivity index (χ0n) is 14.5. The Morgan fingerprint density at radius 2 is 2.09 bits per heavy atom. The van der Waals surface area contributed by atoms with E-state index < -0.39 is 0 Å². The van der Waals surface area contributed by atoms with Crippen LogP contribution < -0.4 is 0 Å². The fraction of sp³-hybridized carbons (Fsp3) is 0.650. The van der Waals surface area contributed by atoms with E-state index >= 15 is 0 Å². The molecule has 3 heteroatoms. The number of hydrogen-bond donors (Lipinski definition) is 1. The van der Waals surface area contributed by atoms with Gasteiger partial charge in [0.1, 0.15) is 5.78 Å². The van der Waals surface area contributed by atoms with Crippen molar-refractivity contribution in [1.29, 1.82) is 0 Å². The summed E-state index contributed by atoms with van der Waals surface area (Å²) in [6.45, 7) is 4.92. The van der Waals surface area contributed by atoms with Crippen molar-refractivity contribution in [3.8, 4) is 0 Å². The first-order valence-electron chi connectivity index (χ1n) is 8.86. The second-order valence-electron chi connectivity index (χ2n) is 7.20. The van der Waals surface area contributed by atoms with Crippen molar-refractivity contribution >= 4 is 5.78 Å². The molecule has 0 saturated heterocycles. The standard InChI is InChI=1S/C20H30O3/c1-16(14-21)8-7-13-20(2)18(22)11-6-12-19(20)23-15-17-9-4-3-5-10-17/h3-5,9-10,16,19,21H,6-8,11-15H2,1-2H3/t16?,19-,20-/m1/s1. The maximum Gasteiger partial charge on any atom is 0.141 e. The predicted octanol–water partition coefficient (Wildman–Crippen LogP) is 4.13. The van der Waals surface area contributed by atoms with Gasteiger partial charge in [-0.25, -0.2) is 0 Å².